The van der Waals surface area contributed by atoms with Crippen LogP contribution < -0.4 is 15.4 Å². The van der Waals surface area contributed by atoms with Crippen molar-refractivity contribution in [3.63, 3.8) is 0 Å². The van der Waals surface area contributed by atoms with Crippen molar-refractivity contribution >= 4 is 27.9 Å². The molecule has 4 aliphatic rings. The highest BCUT2D eigenvalue weighted by Crippen LogP contribution is 2.53. The first-order chi connectivity index (χ1) is 21.6. The third-order valence-electron chi connectivity index (χ3n) is 9.48. The fraction of sp³-hybridized carbons (Fsp3) is 0.417. The molecule has 2 saturated heterocycles. The van der Waals surface area contributed by atoms with E-state index in [-0.39, 0.29) is 17.6 Å². The smallest absolute Gasteiger partial charge is 0.247 e. The molecule has 0 bridgehead atoms. The first kappa shape index (κ1) is 29.0. The number of likely N-dealkylation sites (tertiary alicyclic amines) is 1. The van der Waals surface area contributed by atoms with E-state index < -0.39 is 0 Å². The molecule has 3 aromatic carbocycles. The molecule has 3 aromatic rings. The Kier molecular flexibility index (Phi) is 8.39. The number of allylic oxidation sites excluding steroid dienone is 2. The van der Waals surface area contributed by atoms with Gasteiger partial charge in [0, 0.05) is 61.9 Å². The number of nitrogens with zero attached hydrogens (tertiary/aromatic N) is 2. The third-order valence-corrected chi connectivity index (χ3v) is 9.48. The lowest BCUT2D eigenvalue weighted by Crippen LogP contribution is -2.39. The molecule has 0 aromatic heterocycles. The highest BCUT2D eigenvalue weighted by atomic mass is 19.1. The second-order valence-corrected chi connectivity index (χ2v) is 12.2. The molecule has 0 spiro atoms. The standard InChI is InChI=1S/C36H41FN4O3/c1-24-27(36(42)39-12-16-40-13-4-5-14-40)9-6-10-28-30-21-25-7-2-3-8-26(25)22-32(30)44-35-33(28)29(24)23-31(37)34(35)38-11-15-41-17-19-43-20-18-41/h2-3,7-10,21-24,38H,4-6,11-20H2,1H3,(H,39,42)/b27-9+,28-10+. The fourth-order valence-corrected chi connectivity index (χ4v) is 7.04. The van der Waals surface area contributed by atoms with Crippen molar-refractivity contribution in [1.29, 1.82) is 0 Å². The molecule has 3 aliphatic heterocycles. The Balaban J connectivity index is 1.25. The summed E-state index contributed by atoms with van der Waals surface area (Å²) >= 11 is 0. The van der Waals surface area contributed by atoms with Crippen LogP contribution in [-0.2, 0) is 9.53 Å². The van der Waals surface area contributed by atoms with Gasteiger partial charge in [-0.2, -0.15) is 0 Å². The summed E-state index contributed by atoms with van der Waals surface area (Å²) in [6.45, 7) is 10.2. The maximum atomic E-state index is 16.2. The van der Waals surface area contributed by atoms with E-state index in [4.69, 9.17) is 9.47 Å². The number of nitrogens with one attached hydrogen (secondary N) is 2. The zero-order valence-electron chi connectivity index (χ0n) is 25.5. The molecule has 0 saturated carbocycles. The summed E-state index contributed by atoms with van der Waals surface area (Å²) in [5.41, 5.74) is 4.68. The Morgan fingerprint density at radius 3 is 2.48 bits per heavy atom. The summed E-state index contributed by atoms with van der Waals surface area (Å²) in [5, 5.41) is 8.72. The minimum absolute atomic E-state index is 0.0847. The van der Waals surface area contributed by atoms with Crippen LogP contribution in [0.5, 0.6) is 11.5 Å². The number of hydrogen-bond donors (Lipinski definition) is 2. The average Bonchev–Trinajstić information content (AvgIpc) is 3.56. The first-order valence-corrected chi connectivity index (χ1v) is 16.1. The normalized spacial score (nSPS) is 22.5. The number of anilines is 1. The van der Waals surface area contributed by atoms with Crippen LogP contribution in [0.4, 0.5) is 10.1 Å². The molecule has 2 N–H and O–H groups in total. The predicted molar refractivity (Wildman–Crippen MR) is 173 cm³/mol. The molecule has 1 atom stereocenters. The molecule has 230 valence electrons. The van der Waals surface area contributed by atoms with Gasteiger partial charge in [-0.3, -0.25) is 9.69 Å². The highest BCUT2D eigenvalue weighted by Gasteiger charge is 2.34. The molecule has 7 nitrogen and oxygen atoms in total. The average molecular weight is 597 g/mol. The Morgan fingerprint density at radius 2 is 1.68 bits per heavy atom. The molecule has 44 heavy (non-hydrogen) atoms. The van der Waals surface area contributed by atoms with Crippen molar-refractivity contribution in [1.82, 2.24) is 15.1 Å². The van der Waals surface area contributed by atoms with Gasteiger partial charge in [0.2, 0.25) is 5.91 Å². The van der Waals surface area contributed by atoms with E-state index in [1.807, 2.05) is 31.2 Å². The topological polar surface area (TPSA) is 66.1 Å². The van der Waals surface area contributed by atoms with E-state index in [0.717, 1.165) is 85.5 Å². The highest BCUT2D eigenvalue weighted by molar-refractivity contribution is 6.00. The largest absolute Gasteiger partial charge is 0.454 e. The van der Waals surface area contributed by atoms with Crippen molar-refractivity contribution in [2.45, 2.75) is 32.1 Å². The summed E-state index contributed by atoms with van der Waals surface area (Å²) in [5.74, 6) is 0.441. The van der Waals surface area contributed by atoms with Crippen molar-refractivity contribution in [3.05, 3.63) is 82.7 Å². The third kappa shape index (κ3) is 5.74. The number of halogens is 1. The van der Waals surface area contributed by atoms with Crippen molar-refractivity contribution < 1.29 is 18.7 Å². The van der Waals surface area contributed by atoms with Crippen molar-refractivity contribution in [3.8, 4) is 11.5 Å². The number of benzene rings is 3. The van der Waals surface area contributed by atoms with Crippen LogP contribution in [0, 0.1) is 5.82 Å². The van der Waals surface area contributed by atoms with Crippen molar-refractivity contribution in [2.24, 2.45) is 0 Å². The molecular weight excluding hydrogens is 555 g/mol. The van der Waals surface area contributed by atoms with Gasteiger partial charge < -0.3 is 25.0 Å². The Labute approximate surface area is 258 Å². The molecule has 8 heteroatoms. The number of carbonyl (C=O) groups excluding carboxylic acids is 1. The van der Waals surface area contributed by atoms with Gasteiger partial charge in [-0.15, -0.1) is 0 Å². The van der Waals surface area contributed by atoms with Gasteiger partial charge in [0.15, 0.2) is 5.75 Å². The second kappa shape index (κ2) is 12.7. The maximum Gasteiger partial charge on any atom is 0.247 e. The molecule has 1 aliphatic carbocycles. The van der Waals surface area contributed by atoms with Gasteiger partial charge in [0.25, 0.3) is 0 Å². The van der Waals surface area contributed by atoms with Gasteiger partial charge >= 0.3 is 0 Å². The SMILES string of the molecule is CC1/C(C(=O)NCCN2CCCC2)=C\C/C=C2\c3cc4ccccc4cc3Oc3c(NCCN4CCOCC4)c(F)cc1c32. The van der Waals surface area contributed by atoms with E-state index in [0.29, 0.717) is 42.3 Å². The van der Waals surface area contributed by atoms with Crippen LogP contribution in [-0.4, -0.2) is 81.3 Å². The Hall–Kier alpha value is -3.72. The van der Waals surface area contributed by atoms with Crippen LogP contribution in [0.25, 0.3) is 16.3 Å². The number of fused-ring (bicyclic) bond motifs is 3. The number of ether oxygens (including phenoxy) is 2. The molecule has 7 rings (SSSR count). The van der Waals surface area contributed by atoms with E-state index in [1.54, 1.807) is 6.07 Å². The van der Waals surface area contributed by atoms with E-state index >= 15 is 4.39 Å². The molecular formula is C36H41FN4O3. The number of hydrogen-bond acceptors (Lipinski definition) is 6. The summed E-state index contributed by atoms with van der Waals surface area (Å²) in [4.78, 5) is 18.2. The second-order valence-electron chi connectivity index (χ2n) is 12.2. The molecule has 3 heterocycles. The summed E-state index contributed by atoms with van der Waals surface area (Å²) in [7, 11) is 0. The lowest BCUT2D eigenvalue weighted by atomic mass is 9.79. The van der Waals surface area contributed by atoms with Crippen LogP contribution >= 0.6 is 0 Å². The minimum atomic E-state index is -0.370. The van der Waals surface area contributed by atoms with Gasteiger partial charge in [-0.05, 0) is 72.5 Å². The van der Waals surface area contributed by atoms with Gasteiger partial charge in [-0.25, -0.2) is 4.39 Å². The number of morpholine rings is 1. The summed E-state index contributed by atoms with van der Waals surface area (Å²) in [6.07, 6.45) is 7.21. The number of amides is 1. The van der Waals surface area contributed by atoms with E-state index in [2.05, 4.69) is 44.7 Å². The van der Waals surface area contributed by atoms with Gasteiger partial charge in [0.05, 0.1) is 13.2 Å². The van der Waals surface area contributed by atoms with Gasteiger partial charge in [0.1, 0.15) is 17.3 Å². The predicted octanol–water partition coefficient (Wildman–Crippen LogP) is 5.91. The minimum Gasteiger partial charge on any atom is -0.454 e. The first-order valence-electron chi connectivity index (χ1n) is 16.1. The molecule has 1 amide bonds. The lowest BCUT2D eigenvalue weighted by molar-refractivity contribution is -0.117. The maximum absolute atomic E-state index is 16.2. The molecule has 1 unspecified atom stereocenters. The number of carbonyl (C=O) groups is 1. The van der Waals surface area contributed by atoms with Crippen molar-refractivity contribution in [2.75, 3.05) is 70.9 Å². The van der Waals surface area contributed by atoms with E-state index in [1.165, 1.54) is 12.8 Å². The fourth-order valence-electron chi connectivity index (χ4n) is 7.04. The van der Waals surface area contributed by atoms with Crippen LogP contribution in [0.3, 0.4) is 0 Å². The zero-order chi connectivity index (χ0) is 30.0. The van der Waals surface area contributed by atoms with Crippen LogP contribution in [0.2, 0.25) is 0 Å². The monoisotopic (exact) mass is 596 g/mol. The zero-order valence-corrected chi connectivity index (χ0v) is 25.5. The molecule has 0 radical (unpaired) electrons. The quantitative estimate of drug-likeness (QED) is 0.264. The van der Waals surface area contributed by atoms with E-state index in [9.17, 15) is 4.79 Å². The van der Waals surface area contributed by atoms with Gasteiger partial charge in [-0.1, -0.05) is 43.3 Å². The lowest BCUT2D eigenvalue weighted by Gasteiger charge is -2.32. The molecule has 2 fully saturated rings. The Morgan fingerprint density at radius 1 is 0.955 bits per heavy atom. The summed E-state index contributed by atoms with van der Waals surface area (Å²) in [6, 6.07) is 14.1. The summed E-state index contributed by atoms with van der Waals surface area (Å²) < 4.78 is 28.3. The Bertz CT molecular complexity index is 1620. The number of rotatable bonds is 8. The van der Waals surface area contributed by atoms with Crippen LogP contribution in [0.15, 0.2) is 60.2 Å². The van der Waals surface area contributed by atoms with Crippen LogP contribution in [0.1, 0.15) is 48.8 Å².